The van der Waals surface area contributed by atoms with Crippen LogP contribution in [-0.2, 0) is 23.5 Å². The van der Waals surface area contributed by atoms with E-state index < -0.39 is 5.97 Å². The summed E-state index contributed by atoms with van der Waals surface area (Å²) >= 11 is 0. The molecule has 0 radical (unpaired) electrons. The smallest absolute Gasteiger partial charge is 0.289 e. The van der Waals surface area contributed by atoms with Gasteiger partial charge in [0.15, 0.2) is 8.60 Å². The second-order valence-corrected chi connectivity index (χ2v) is 4.10. The van der Waals surface area contributed by atoms with Crippen LogP contribution in [-0.4, -0.2) is 46.6 Å². The minimum Gasteiger partial charge on any atom is -0.382 e. The van der Waals surface area contributed by atoms with E-state index in [0.717, 1.165) is 0 Å². The van der Waals surface area contributed by atoms with Gasteiger partial charge in [0, 0.05) is 21.1 Å². The first-order chi connectivity index (χ1) is 7.68. The van der Waals surface area contributed by atoms with Crippen LogP contribution >= 0.6 is 18.0 Å². The average molecular weight is 271 g/mol. The monoisotopic (exact) mass is 271 g/mol. The van der Waals surface area contributed by atoms with Crippen molar-refractivity contribution in [1.29, 1.82) is 0 Å². The molecule has 0 fully saturated rings. The summed E-state index contributed by atoms with van der Waals surface area (Å²) in [5.74, 6) is -1.13. The molecule has 0 saturated heterocycles. The first kappa shape index (κ1) is 16.3. The summed E-state index contributed by atoms with van der Waals surface area (Å²) in [6.45, 7) is 3.39. The summed E-state index contributed by atoms with van der Waals surface area (Å²) in [5, 5.41) is 0. The Kier molecular flexibility index (Phi) is 10.7. The lowest BCUT2D eigenvalue weighted by atomic mass is 10.6. The van der Waals surface area contributed by atoms with E-state index in [-0.39, 0.29) is 0 Å². The molecule has 0 aliphatic carbocycles. The third-order valence-corrected chi connectivity index (χ3v) is 2.35. The molecule has 96 valence electrons. The van der Waals surface area contributed by atoms with Crippen LogP contribution in [0, 0.1) is 0 Å². The maximum atomic E-state index is 5.42. The molecule has 0 rings (SSSR count). The van der Waals surface area contributed by atoms with E-state index in [2.05, 4.69) is 13.9 Å². The molecule has 0 bridgehead atoms. The summed E-state index contributed by atoms with van der Waals surface area (Å²) in [5.41, 5.74) is 0. The number of nitrogens with zero attached hydrogens (tertiary/aromatic N) is 1. The van der Waals surface area contributed by atoms with Crippen molar-refractivity contribution < 1.29 is 23.5 Å². The normalized spacial score (nSPS) is 12.5. The van der Waals surface area contributed by atoms with Crippen LogP contribution in [0.2, 0.25) is 0 Å². The molecule has 0 aromatic heterocycles. The fourth-order valence-corrected chi connectivity index (χ4v) is 1.26. The van der Waals surface area contributed by atoms with Crippen LogP contribution < -0.4 is 0 Å². The number of hydrogen-bond donors (Lipinski definition) is 0. The fourth-order valence-electron chi connectivity index (χ4n) is 0.813. The minimum absolute atomic E-state index is 0.381. The SMILES string of the molecule is COCCOC(C)(OCCOC)OP=NP. The Bertz CT molecular complexity index is 183. The molecule has 1 atom stereocenters. The van der Waals surface area contributed by atoms with Gasteiger partial charge < -0.3 is 18.9 Å². The topological polar surface area (TPSA) is 58.5 Å². The molecule has 0 amide bonds. The van der Waals surface area contributed by atoms with Gasteiger partial charge in [-0.1, -0.05) is 0 Å². The van der Waals surface area contributed by atoms with Gasteiger partial charge in [0.25, 0.3) is 5.97 Å². The molecule has 8 heteroatoms. The molecular weight excluding hydrogens is 252 g/mol. The highest BCUT2D eigenvalue weighted by atomic mass is 31.1. The number of hydrogen-bond acceptors (Lipinski definition) is 6. The zero-order valence-corrected chi connectivity index (χ0v) is 11.9. The summed E-state index contributed by atoms with van der Waals surface area (Å²) < 4.78 is 29.6. The van der Waals surface area contributed by atoms with E-state index in [1.54, 1.807) is 21.1 Å². The minimum atomic E-state index is -1.13. The van der Waals surface area contributed by atoms with Gasteiger partial charge in [0.2, 0.25) is 0 Å². The number of rotatable bonds is 10. The third-order valence-electron chi connectivity index (χ3n) is 1.56. The van der Waals surface area contributed by atoms with Crippen molar-refractivity contribution in [3.05, 3.63) is 0 Å². The number of ether oxygens (including phenoxy) is 4. The van der Waals surface area contributed by atoms with Crippen molar-refractivity contribution in [2.45, 2.75) is 12.9 Å². The van der Waals surface area contributed by atoms with Gasteiger partial charge in [-0.05, 0) is 9.39 Å². The van der Waals surface area contributed by atoms with Crippen molar-refractivity contribution >= 4 is 18.0 Å². The number of methoxy groups -OCH3 is 2. The molecule has 6 nitrogen and oxygen atoms in total. The largest absolute Gasteiger partial charge is 0.382 e. The van der Waals surface area contributed by atoms with E-state index in [9.17, 15) is 0 Å². The van der Waals surface area contributed by atoms with E-state index in [1.165, 1.54) is 0 Å². The molecule has 0 N–H and O–H groups in total. The predicted molar refractivity (Wildman–Crippen MR) is 64.2 cm³/mol. The maximum absolute atomic E-state index is 5.42. The van der Waals surface area contributed by atoms with Crippen molar-refractivity contribution in [3.8, 4) is 0 Å². The predicted octanol–water partition coefficient (Wildman–Crippen LogP) is 1.84. The fraction of sp³-hybridized carbons (Fsp3) is 1.00. The lowest BCUT2D eigenvalue weighted by molar-refractivity contribution is -0.332. The molecule has 16 heavy (non-hydrogen) atoms. The highest BCUT2D eigenvalue weighted by Gasteiger charge is 2.27. The summed E-state index contributed by atoms with van der Waals surface area (Å²) in [6.07, 6.45) is 0. The van der Waals surface area contributed by atoms with Crippen LogP contribution in [0.4, 0.5) is 0 Å². The Morgan fingerprint density at radius 2 is 1.56 bits per heavy atom. The van der Waals surface area contributed by atoms with Gasteiger partial charge in [0.05, 0.1) is 26.4 Å². The van der Waals surface area contributed by atoms with Crippen LogP contribution in [0.25, 0.3) is 0 Å². The zero-order valence-electron chi connectivity index (χ0n) is 9.84. The molecule has 0 saturated carbocycles. The first-order valence-electron chi connectivity index (χ1n) is 4.72. The summed E-state index contributed by atoms with van der Waals surface area (Å²) in [4.78, 5) is 0. The van der Waals surface area contributed by atoms with Gasteiger partial charge in [-0.3, -0.25) is 4.52 Å². The van der Waals surface area contributed by atoms with Gasteiger partial charge >= 0.3 is 0 Å². The van der Waals surface area contributed by atoms with E-state index in [0.29, 0.717) is 35.0 Å². The zero-order chi connectivity index (χ0) is 12.3. The highest BCUT2D eigenvalue weighted by Crippen LogP contribution is 2.22. The van der Waals surface area contributed by atoms with Crippen molar-refractivity contribution in [2.75, 3.05) is 40.6 Å². The lowest BCUT2D eigenvalue weighted by Crippen LogP contribution is -2.35. The van der Waals surface area contributed by atoms with Crippen LogP contribution in [0.1, 0.15) is 6.92 Å². The summed E-state index contributed by atoms with van der Waals surface area (Å²) in [7, 11) is 5.82. The van der Waals surface area contributed by atoms with Gasteiger partial charge in [-0.15, -0.1) is 0 Å². The Morgan fingerprint density at radius 1 is 1.06 bits per heavy atom. The highest BCUT2D eigenvalue weighted by molar-refractivity contribution is 7.31. The Balaban J connectivity index is 4.01. The quantitative estimate of drug-likeness (QED) is 0.345. The molecule has 0 aliphatic rings. The van der Waals surface area contributed by atoms with E-state index in [1.807, 2.05) is 0 Å². The Hall–Kier alpha value is 0.330. The Labute approximate surface area is 100 Å². The van der Waals surface area contributed by atoms with Crippen LogP contribution in [0.15, 0.2) is 4.52 Å². The second kappa shape index (κ2) is 10.5. The molecule has 0 heterocycles. The summed E-state index contributed by atoms with van der Waals surface area (Å²) in [6, 6.07) is 0. The van der Waals surface area contributed by atoms with Gasteiger partial charge in [-0.2, -0.15) is 0 Å². The Morgan fingerprint density at radius 3 is 1.94 bits per heavy atom. The van der Waals surface area contributed by atoms with Crippen LogP contribution in [0.3, 0.4) is 0 Å². The van der Waals surface area contributed by atoms with Crippen molar-refractivity contribution in [3.63, 3.8) is 0 Å². The average Bonchev–Trinajstić information content (AvgIpc) is 2.27. The standard InChI is InChI=1S/C8H19NO5P2/c1-8(14-16-9-15,12-6-4-10-2)13-7-5-11-3/h4-7,15H2,1-3H3. The van der Waals surface area contributed by atoms with E-state index >= 15 is 0 Å². The second-order valence-electron chi connectivity index (χ2n) is 2.83. The van der Waals surface area contributed by atoms with Gasteiger partial charge in [0.1, 0.15) is 0 Å². The molecule has 0 aliphatic heterocycles. The lowest BCUT2D eigenvalue weighted by Gasteiger charge is -2.26. The maximum Gasteiger partial charge on any atom is 0.289 e. The molecule has 1 unspecified atom stereocenters. The molecule has 0 aromatic carbocycles. The van der Waals surface area contributed by atoms with Gasteiger partial charge in [-0.25, -0.2) is 4.52 Å². The third kappa shape index (κ3) is 8.48. The van der Waals surface area contributed by atoms with Crippen molar-refractivity contribution in [2.24, 2.45) is 4.52 Å². The van der Waals surface area contributed by atoms with Crippen LogP contribution in [0.5, 0.6) is 0 Å². The molecular formula is C8H19NO5P2. The first-order valence-corrected chi connectivity index (χ1v) is 6.01. The molecule has 0 spiro atoms. The molecule has 0 aromatic rings. The van der Waals surface area contributed by atoms with E-state index in [4.69, 9.17) is 23.5 Å². The van der Waals surface area contributed by atoms with Crippen molar-refractivity contribution in [1.82, 2.24) is 0 Å².